The number of hydrogen-bond acceptors (Lipinski definition) is 3. The molecule has 2 aromatic rings. The van der Waals surface area contributed by atoms with Crippen molar-refractivity contribution in [2.45, 2.75) is 6.92 Å². The van der Waals surface area contributed by atoms with E-state index in [9.17, 15) is 0 Å². The monoisotopic (exact) mass is 261 g/mol. The van der Waals surface area contributed by atoms with E-state index in [2.05, 4.69) is 4.98 Å². The number of nitrogens with two attached hydrogens (primary N) is 1. The Labute approximate surface area is 110 Å². The van der Waals surface area contributed by atoms with E-state index in [1.807, 2.05) is 13.0 Å². The van der Waals surface area contributed by atoms with Crippen LogP contribution in [-0.2, 0) is 0 Å². The fourth-order valence-electron chi connectivity index (χ4n) is 1.48. The molecule has 0 fully saturated rings. The van der Waals surface area contributed by atoms with Crippen molar-refractivity contribution in [3.63, 3.8) is 0 Å². The zero-order chi connectivity index (χ0) is 13.1. The predicted octanol–water partition coefficient (Wildman–Crippen LogP) is 3.12. The van der Waals surface area contributed by atoms with Crippen molar-refractivity contribution in [1.82, 2.24) is 4.98 Å². The van der Waals surface area contributed by atoms with Crippen LogP contribution in [0.3, 0.4) is 0 Å². The number of aryl methyl sites for hydroxylation is 1. The van der Waals surface area contributed by atoms with Crippen LogP contribution in [0.5, 0.6) is 11.5 Å². The maximum absolute atomic E-state index is 7.43. The number of hydrogen-bond donors (Lipinski definition) is 2. The Morgan fingerprint density at radius 1 is 1.39 bits per heavy atom. The molecule has 2 rings (SSSR count). The van der Waals surface area contributed by atoms with Gasteiger partial charge in [0.25, 0.3) is 0 Å². The lowest BCUT2D eigenvalue weighted by molar-refractivity contribution is 0.478. The molecule has 1 aromatic heterocycles. The van der Waals surface area contributed by atoms with E-state index in [-0.39, 0.29) is 5.84 Å². The molecule has 0 aliphatic rings. The van der Waals surface area contributed by atoms with Crippen LogP contribution < -0.4 is 10.5 Å². The zero-order valence-electron chi connectivity index (χ0n) is 9.77. The third-order valence-electron chi connectivity index (χ3n) is 2.38. The minimum absolute atomic E-state index is 0.128. The van der Waals surface area contributed by atoms with Crippen LogP contribution in [0.2, 0.25) is 5.02 Å². The van der Waals surface area contributed by atoms with Crippen molar-refractivity contribution in [3.8, 4) is 11.5 Å². The molecule has 1 heterocycles. The van der Waals surface area contributed by atoms with Gasteiger partial charge in [-0.2, -0.15) is 0 Å². The first-order chi connectivity index (χ1) is 8.58. The highest BCUT2D eigenvalue weighted by molar-refractivity contribution is 6.31. The van der Waals surface area contributed by atoms with Gasteiger partial charge in [0.2, 0.25) is 0 Å². The molecule has 0 aliphatic carbocycles. The van der Waals surface area contributed by atoms with Gasteiger partial charge in [0, 0.05) is 11.2 Å². The molecular formula is C13H12ClN3O. The normalized spacial score (nSPS) is 10.1. The average molecular weight is 262 g/mol. The van der Waals surface area contributed by atoms with Gasteiger partial charge in [0.15, 0.2) is 5.75 Å². The smallest absolute Gasteiger partial charge is 0.156 e. The molecule has 5 heteroatoms. The van der Waals surface area contributed by atoms with E-state index in [0.29, 0.717) is 22.2 Å². The van der Waals surface area contributed by atoms with Gasteiger partial charge in [-0.05, 0) is 42.8 Å². The van der Waals surface area contributed by atoms with Gasteiger partial charge in [-0.1, -0.05) is 11.6 Å². The summed E-state index contributed by atoms with van der Waals surface area (Å²) in [6.07, 6.45) is 1.57. The second-order valence-corrected chi connectivity index (χ2v) is 4.18. The topological polar surface area (TPSA) is 72.0 Å². The van der Waals surface area contributed by atoms with Crippen molar-refractivity contribution in [3.05, 3.63) is 52.8 Å². The van der Waals surface area contributed by atoms with Crippen molar-refractivity contribution < 1.29 is 4.74 Å². The third kappa shape index (κ3) is 2.60. The number of amidine groups is 1. The molecule has 18 heavy (non-hydrogen) atoms. The third-order valence-corrected chi connectivity index (χ3v) is 2.81. The molecule has 0 atom stereocenters. The van der Waals surface area contributed by atoms with Crippen LogP contribution in [0, 0.1) is 12.3 Å². The Hall–Kier alpha value is -2.07. The number of nitrogens with one attached hydrogen (secondary N) is 1. The van der Waals surface area contributed by atoms with Crippen LogP contribution >= 0.6 is 11.6 Å². The van der Waals surface area contributed by atoms with Gasteiger partial charge < -0.3 is 10.5 Å². The summed E-state index contributed by atoms with van der Waals surface area (Å²) in [7, 11) is 0. The first-order valence-corrected chi connectivity index (χ1v) is 5.69. The Kier molecular flexibility index (Phi) is 3.48. The second-order valence-electron chi connectivity index (χ2n) is 3.78. The summed E-state index contributed by atoms with van der Waals surface area (Å²) >= 11 is 5.94. The Balaban J connectivity index is 2.34. The van der Waals surface area contributed by atoms with E-state index in [0.717, 1.165) is 5.56 Å². The highest BCUT2D eigenvalue weighted by Gasteiger charge is 2.09. The van der Waals surface area contributed by atoms with Crippen molar-refractivity contribution in [2.24, 2.45) is 5.73 Å². The summed E-state index contributed by atoms with van der Waals surface area (Å²) < 4.78 is 5.66. The number of aromatic nitrogens is 1. The lowest BCUT2D eigenvalue weighted by Gasteiger charge is -2.10. The number of nitrogens with zero attached hydrogens (tertiary/aromatic N) is 1. The lowest BCUT2D eigenvalue weighted by Crippen LogP contribution is -2.14. The minimum atomic E-state index is -0.128. The summed E-state index contributed by atoms with van der Waals surface area (Å²) in [6, 6.07) is 8.78. The molecule has 0 bridgehead atoms. The summed E-state index contributed by atoms with van der Waals surface area (Å²) in [5, 5.41) is 8.11. The van der Waals surface area contributed by atoms with E-state index in [4.69, 9.17) is 27.5 Å². The standard InChI is InChI=1S/C13H12ClN3O/c1-8-7-9(4-5-10(8)14)18-11-3-2-6-17-12(11)13(15)16/h2-7H,1H3,(H3,15,16). The second kappa shape index (κ2) is 5.06. The van der Waals surface area contributed by atoms with Crippen molar-refractivity contribution in [2.75, 3.05) is 0 Å². The molecule has 0 amide bonds. The first-order valence-electron chi connectivity index (χ1n) is 5.31. The molecule has 0 radical (unpaired) electrons. The highest BCUT2D eigenvalue weighted by Crippen LogP contribution is 2.27. The SMILES string of the molecule is Cc1cc(Oc2cccnc2C(=N)N)ccc1Cl. The first kappa shape index (κ1) is 12.4. The molecule has 3 N–H and O–H groups in total. The number of rotatable bonds is 3. The highest BCUT2D eigenvalue weighted by atomic mass is 35.5. The van der Waals surface area contributed by atoms with E-state index in [1.165, 1.54) is 0 Å². The summed E-state index contributed by atoms with van der Waals surface area (Å²) in [6.45, 7) is 1.89. The van der Waals surface area contributed by atoms with Crippen LogP contribution in [0.4, 0.5) is 0 Å². The maximum atomic E-state index is 7.43. The summed E-state index contributed by atoms with van der Waals surface area (Å²) in [4.78, 5) is 4.01. The van der Waals surface area contributed by atoms with Crippen molar-refractivity contribution in [1.29, 1.82) is 5.41 Å². The molecule has 1 aromatic carbocycles. The molecule has 0 aliphatic heterocycles. The van der Waals surface area contributed by atoms with Crippen LogP contribution in [0.15, 0.2) is 36.5 Å². The zero-order valence-corrected chi connectivity index (χ0v) is 10.5. The minimum Gasteiger partial charge on any atom is -0.455 e. The van der Waals surface area contributed by atoms with Gasteiger partial charge in [-0.3, -0.25) is 5.41 Å². The van der Waals surface area contributed by atoms with E-state index < -0.39 is 0 Å². The Morgan fingerprint density at radius 2 is 2.17 bits per heavy atom. The molecule has 0 spiro atoms. The number of ether oxygens (including phenoxy) is 1. The van der Waals surface area contributed by atoms with Gasteiger partial charge in [0.1, 0.15) is 17.3 Å². The molecular weight excluding hydrogens is 250 g/mol. The number of benzene rings is 1. The van der Waals surface area contributed by atoms with Crippen LogP contribution in [0.25, 0.3) is 0 Å². The molecule has 0 unspecified atom stereocenters. The quantitative estimate of drug-likeness (QED) is 0.659. The van der Waals surface area contributed by atoms with E-state index >= 15 is 0 Å². The molecule has 92 valence electrons. The fourth-order valence-corrected chi connectivity index (χ4v) is 1.60. The van der Waals surface area contributed by atoms with Crippen molar-refractivity contribution >= 4 is 17.4 Å². The number of pyridine rings is 1. The van der Waals surface area contributed by atoms with Gasteiger partial charge in [0.05, 0.1) is 0 Å². The summed E-state index contributed by atoms with van der Waals surface area (Å²) in [5.74, 6) is 0.954. The molecule has 0 saturated heterocycles. The van der Waals surface area contributed by atoms with E-state index in [1.54, 1.807) is 30.5 Å². The fraction of sp³-hybridized carbons (Fsp3) is 0.0769. The molecule has 4 nitrogen and oxygen atoms in total. The predicted molar refractivity (Wildman–Crippen MR) is 71.5 cm³/mol. The Bertz CT molecular complexity index is 599. The summed E-state index contributed by atoms with van der Waals surface area (Å²) in [5.41, 5.74) is 6.69. The van der Waals surface area contributed by atoms with Crippen LogP contribution in [0.1, 0.15) is 11.3 Å². The van der Waals surface area contributed by atoms with Gasteiger partial charge in [-0.15, -0.1) is 0 Å². The Morgan fingerprint density at radius 3 is 2.83 bits per heavy atom. The van der Waals surface area contributed by atoms with Gasteiger partial charge in [-0.25, -0.2) is 4.98 Å². The maximum Gasteiger partial charge on any atom is 0.156 e. The molecule has 0 saturated carbocycles. The van der Waals surface area contributed by atoms with Gasteiger partial charge >= 0.3 is 0 Å². The largest absolute Gasteiger partial charge is 0.455 e. The average Bonchev–Trinajstić information content (AvgIpc) is 2.34. The lowest BCUT2D eigenvalue weighted by atomic mass is 10.2. The number of nitrogen functional groups attached to an aromatic ring is 1. The number of halogens is 1. The van der Waals surface area contributed by atoms with Crippen LogP contribution in [-0.4, -0.2) is 10.8 Å².